The van der Waals surface area contributed by atoms with Crippen molar-refractivity contribution in [2.45, 2.75) is 38.1 Å². The first kappa shape index (κ1) is 23.7. The smallest absolute Gasteiger partial charge is 0.224 e. The van der Waals surface area contributed by atoms with Crippen LogP contribution in [0.1, 0.15) is 27.7 Å². The molecule has 3 N–H and O–H groups in total. The Morgan fingerprint density at radius 2 is 1.76 bits per heavy atom. The van der Waals surface area contributed by atoms with Gasteiger partial charge in [0, 0.05) is 12.5 Å². The number of rotatable bonds is 8. The summed E-state index contributed by atoms with van der Waals surface area (Å²) < 4.78 is 30.0. The molecule has 1 aromatic rings. The number of ether oxygens (including phenoxy) is 1. The Labute approximate surface area is 156 Å². The van der Waals surface area contributed by atoms with Gasteiger partial charge in [0.15, 0.2) is 9.84 Å². The molecule has 0 spiro atoms. The average molecular weight is 393 g/mol. The van der Waals surface area contributed by atoms with Crippen molar-refractivity contribution in [3.63, 3.8) is 0 Å². The Morgan fingerprint density at radius 1 is 1.24 bits per heavy atom. The molecule has 1 aromatic carbocycles. The molecular formula is C17H29ClN2O4S. The highest BCUT2D eigenvalue weighted by Gasteiger charge is 2.32. The fraction of sp³-hybridized carbons (Fsp3) is 0.588. The van der Waals surface area contributed by atoms with Crippen LogP contribution >= 0.6 is 12.4 Å². The molecule has 1 amide bonds. The van der Waals surface area contributed by atoms with Gasteiger partial charge in [0.05, 0.1) is 23.3 Å². The summed E-state index contributed by atoms with van der Waals surface area (Å²) in [4.78, 5) is 12.6. The first-order chi connectivity index (χ1) is 11.1. The molecule has 0 saturated carbocycles. The number of sulfone groups is 1. The lowest BCUT2D eigenvalue weighted by Gasteiger charge is -2.34. The van der Waals surface area contributed by atoms with E-state index in [-0.39, 0.29) is 41.4 Å². The van der Waals surface area contributed by atoms with Gasteiger partial charge in [-0.3, -0.25) is 4.79 Å². The van der Waals surface area contributed by atoms with Crippen LogP contribution in [0.3, 0.4) is 0 Å². The monoisotopic (exact) mass is 392 g/mol. The number of benzene rings is 1. The number of hydrogen-bond acceptors (Lipinski definition) is 5. The standard InChI is InChI=1S/C17H28N2O4S.ClH/c1-12(2)17(4,11-18)19-16(20)13(3)10-24(21,22)15-8-6-14(23-5)7-9-15;/h6-9,12-13H,10-11,18H2,1-5H3,(H,19,20);1H. The largest absolute Gasteiger partial charge is 0.497 e. The van der Waals surface area contributed by atoms with Crippen LogP contribution in [-0.4, -0.2) is 39.3 Å². The van der Waals surface area contributed by atoms with E-state index in [4.69, 9.17) is 10.5 Å². The van der Waals surface area contributed by atoms with E-state index in [1.54, 1.807) is 19.1 Å². The maximum Gasteiger partial charge on any atom is 0.224 e. The van der Waals surface area contributed by atoms with Crippen molar-refractivity contribution in [2.75, 3.05) is 19.4 Å². The van der Waals surface area contributed by atoms with Crippen LogP contribution in [0.25, 0.3) is 0 Å². The van der Waals surface area contributed by atoms with E-state index in [0.717, 1.165) is 0 Å². The minimum atomic E-state index is -3.56. The molecule has 0 aliphatic heterocycles. The summed E-state index contributed by atoms with van der Waals surface area (Å²) in [6, 6.07) is 6.14. The molecule has 2 unspecified atom stereocenters. The zero-order chi connectivity index (χ0) is 18.5. The Hall–Kier alpha value is -1.31. The molecule has 144 valence electrons. The van der Waals surface area contributed by atoms with Crippen LogP contribution in [-0.2, 0) is 14.6 Å². The second-order valence-electron chi connectivity index (χ2n) is 6.62. The van der Waals surface area contributed by atoms with Crippen molar-refractivity contribution >= 4 is 28.2 Å². The maximum atomic E-state index is 12.5. The van der Waals surface area contributed by atoms with E-state index in [9.17, 15) is 13.2 Å². The summed E-state index contributed by atoms with van der Waals surface area (Å²) in [5.41, 5.74) is 5.20. The SMILES string of the molecule is COc1ccc(S(=O)(=O)CC(C)C(=O)NC(C)(CN)C(C)C)cc1.Cl. The summed E-state index contributed by atoms with van der Waals surface area (Å²) in [7, 11) is -2.05. The second-order valence-corrected chi connectivity index (χ2v) is 8.66. The third kappa shape index (κ3) is 6.17. The zero-order valence-electron chi connectivity index (χ0n) is 15.4. The van der Waals surface area contributed by atoms with Gasteiger partial charge in [-0.25, -0.2) is 8.42 Å². The molecule has 0 fully saturated rings. The number of carbonyl (C=O) groups is 1. The van der Waals surface area contributed by atoms with Crippen LogP contribution in [0, 0.1) is 11.8 Å². The highest BCUT2D eigenvalue weighted by Crippen LogP contribution is 2.20. The number of nitrogens with two attached hydrogens (primary N) is 1. The van der Waals surface area contributed by atoms with Crippen molar-refractivity contribution in [3.8, 4) is 5.75 Å². The molecule has 0 heterocycles. The van der Waals surface area contributed by atoms with Crippen LogP contribution in [0.5, 0.6) is 5.75 Å². The van der Waals surface area contributed by atoms with Gasteiger partial charge in [0.2, 0.25) is 5.91 Å². The Balaban J connectivity index is 0.00000576. The van der Waals surface area contributed by atoms with Gasteiger partial charge >= 0.3 is 0 Å². The number of carbonyl (C=O) groups excluding carboxylic acids is 1. The van der Waals surface area contributed by atoms with Crippen molar-refractivity contribution < 1.29 is 17.9 Å². The molecule has 8 heteroatoms. The molecule has 0 aliphatic carbocycles. The van der Waals surface area contributed by atoms with Gasteiger partial charge in [0.25, 0.3) is 0 Å². The molecule has 1 rings (SSSR count). The van der Waals surface area contributed by atoms with E-state index in [2.05, 4.69) is 5.32 Å². The Bertz CT molecular complexity index is 662. The number of methoxy groups -OCH3 is 1. The molecule has 0 aliphatic rings. The average Bonchev–Trinajstić information content (AvgIpc) is 2.54. The Kier molecular flexibility index (Phi) is 8.91. The summed E-state index contributed by atoms with van der Waals surface area (Å²) >= 11 is 0. The van der Waals surface area contributed by atoms with Crippen molar-refractivity contribution in [2.24, 2.45) is 17.6 Å². The first-order valence-electron chi connectivity index (χ1n) is 7.94. The predicted molar refractivity (Wildman–Crippen MR) is 102 cm³/mol. The number of nitrogens with one attached hydrogen (secondary N) is 1. The molecule has 25 heavy (non-hydrogen) atoms. The topological polar surface area (TPSA) is 98.5 Å². The quantitative estimate of drug-likeness (QED) is 0.705. The van der Waals surface area contributed by atoms with Gasteiger partial charge < -0.3 is 15.8 Å². The van der Waals surface area contributed by atoms with Crippen molar-refractivity contribution in [1.29, 1.82) is 0 Å². The van der Waals surface area contributed by atoms with Crippen LogP contribution in [0.2, 0.25) is 0 Å². The predicted octanol–water partition coefficient (Wildman–Crippen LogP) is 2.02. The van der Waals surface area contributed by atoms with E-state index in [1.165, 1.54) is 19.2 Å². The summed E-state index contributed by atoms with van der Waals surface area (Å²) in [6.45, 7) is 7.68. The highest BCUT2D eigenvalue weighted by atomic mass is 35.5. The molecule has 0 aromatic heterocycles. The maximum absolute atomic E-state index is 12.5. The number of hydrogen-bond donors (Lipinski definition) is 2. The normalized spacial score (nSPS) is 15.0. The van der Waals surface area contributed by atoms with Crippen LogP contribution in [0.15, 0.2) is 29.2 Å². The molecule has 2 atom stereocenters. The summed E-state index contributed by atoms with van der Waals surface area (Å²) in [5.74, 6) is -0.535. The lowest BCUT2D eigenvalue weighted by atomic mass is 9.88. The van der Waals surface area contributed by atoms with Gasteiger partial charge in [0.1, 0.15) is 5.75 Å². The molecular weight excluding hydrogens is 364 g/mol. The lowest BCUT2D eigenvalue weighted by molar-refractivity contribution is -0.126. The van der Waals surface area contributed by atoms with Crippen LogP contribution in [0.4, 0.5) is 0 Å². The van der Waals surface area contributed by atoms with Crippen LogP contribution < -0.4 is 15.8 Å². The van der Waals surface area contributed by atoms with Gasteiger partial charge in [-0.1, -0.05) is 20.8 Å². The first-order valence-corrected chi connectivity index (χ1v) is 9.60. The molecule has 0 saturated heterocycles. The van der Waals surface area contributed by atoms with Crippen molar-refractivity contribution in [3.05, 3.63) is 24.3 Å². The third-order valence-electron chi connectivity index (χ3n) is 4.44. The fourth-order valence-electron chi connectivity index (χ4n) is 2.12. The highest BCUT2D eigenvalue weighted by molar-refractivity contribution is 7.91. The fourth-order valence-corrected chi connectivity index (χ4v) is 3.67. The van der Waals surface area contributed by atoms with Crippen molar-refractivity contribution in [1.82, 2.24) is 5.32 Å². The summed E-state index contributed by atoms with van der Waals surface area (Å²) in [5, 5.41) is 2.89. The lowest BCUT2D eigenvalue weighted by Crippen LogP contribution is -2.56. The Morgan fingerprint density at radius 3 is 2.16 bits per heavy atom. The van der Waals surface area contributed by atoms with Gasteiger partial charge in [-0.05, 0) is 37.1 Å². The third-order valence-corrected chi connectivity index (χ3v) is 6.37. The number of amides is 1. The number of halogens is 1. The molecule has 6 nitrogen and oxygen atoms in total. The zero-order valence-corrected chi connectivity index (χ0v) is 17.0. The van der Waals surface area contributed by atoms with Gasteiger partial charge in [-0.2, -0.15) is 0 Å². The summed E-state index contributed by atoms with van der Waals surface area (Å²) in [6.07, 6.45) is 0. The van der Waals surface area contributed by atoms with E-state index >= 15 is 0 Å². The molecule has 0 bridgehead atoms. The minimum Gasteiger partial charge on any atom is -0.497 e. The van der Waals surface area contributed by atoms with E-state index in [1.807, 2.05) is 20.8 Å². The molecule has 0 radical (unpaired) electrons. The van der Waals surface area contributed by atoms with Gasteiger partial charge in [-0.15, -0.1) is 12.4 Å². The second kappa shape index (κ2) is 9.40. The van der Waals surface area contributed by atoms with E-state index < -0.39 is 21.3 Å². The van der Waals surface area contributed by atoms with E-state index in [0.29, 0.717) is 5.75 Å². The minimum absolute atomic E-state index is 0.